The Balaban J connectivity index is 1.87. The molecule has 2 heterocycles. The van der Waals surface area contributed by atoms with Crippen LogP contribution in [0.15, 0.2) is 48.7 Å². The highest BCUT2D eigenvalue weighted by Crippen LogP contribution is 2.26. The van der Waals surface area contributed by atoms with Crippen LogP contribution in [0.4, 0.5) is 17.5 Å². The van der Waals surface area contributed by atoms with E-state index in [1.807, 2.05) is 24.3 Å². The van der Waals surface area contributed by atoms with E-state index in [2.05, 4.69) is 45.0 Å². The molecule has 0 aliphatic rings. The van der Waals surface area contributed by atoms with Gasteiger partial charge in [-0.3, -0.25) is 15.8 Å². The van der Waals surface area contributed by atoms with E-state index in [0.717, 1.165) is 12.1 Å². The van der Waals surface area contributed by atoms with Crippen LogP contribution >= 0.6 is 23.2 Å². The third-order valence-corrected chi connectivity index (χ3v) is 4.45. The molecule has 0 saturated carbocycles. The predicted octanol–water partition coefficient (Wildman–Crippen LogP) is 5.49. The fourth-order valence-corrected chi connectivity index (χ4v) is 2.72. The zero-order chi connectivity index (χ0) is 19.2. The Hall–Kier alpha value is -2.57. The van der Waals surface area contributed by atoms with Crippen molar-refractivity contribution in [3.8, 4) is 11.4 Å². The van der Waals surface area contributed by atoms with Gasteiger partial charge in [-0.05, 0) is 43.7 Å². The summed E-state index contributed by atoms with van der Waals surface area (Å²) < 4.78 is 0. The minimum Gasteiger partial charge on any atom is -0.352 e. The average Bonchev–Trinajstić information content (AvgIpc) is 2.67. The van der Waals surface area contributed by atoms with Gasteiger partial charge >= 0.3 is 0 Å². The Labute approximate surface area is 168 Å². The zero-order valence-electron chi connectivity index (χ0n) is 15.0. The van der Waals surface area contributed by atoms with E-state index < -0.39 is 0 Å². The molecule has 0 spiro atoms. The van der Waals surface area contributed by atoms with Crippen LogP contribution in [0.1, 0.15) is 20.3 Å². The largest absolute Gasteiger partial charge is 0.352 e. The molecule has 8 heteroatoms. The van der Waals surface area contributed by atoms with Crippen LogP contribution in [0.3, 0.4) is 0 Å². The summed E-state index contributed by atoms with van der Waals surface area (Å²) in [5.74, 6) is 1.11. The van der Waals surface area contributed by atoms with Crippen molar-refractivity contribution in [3.63, 3.8) is 0 Å². The molecule has 0 aliphatic heterocycles. The molecule has 6 nitrogen and oxygen atoms in total. The van der Waals surface area contributed by atoms with Crippen molar-refractivity contribution < 1.29 is 0 Å². The van der Waals surface area contributed by atoms with Crippen LogP contribution in [0.25, 0.3) is 11.4 Å². The van der Waals surface area contributed by atoms with E-state index in [0.29, 0.717) is 33.2 Å². The number of anilines is 3. The van der Waals surface area contributed by atoms with Crippen molar-refractivity contribution in [2.75, 3.05) is 16.2 Å². The lowest BCUT2D eigenvalue weighted by molar-refractivity contribution is 0.753. The monoisotopic (exact) mass is 402 g/mol. The molecule has 1 atom stereocenters. The Morgan fingerprint density at radius 1 is 1.00 bits per heavy atom. The lowest BCUT2D eigenvalue weighted by Crippen LogP contribution is -2.18. The summed E-state index contributed by atoms with van der Waals surface area (Å²) in [6.07, 6.45) is 2.69. The SMILES string of the molecule is CC[C@H](C)Nc1nc(NNc2ccc(Cl)cc2Cl)cc(-c2ccccn2)n1. The number of hydrogen-bond donors (Lipinski definition) is 3. The quantitative estimate of drug-likeness (QED) is 0.453. The molecule has 0 unspecified atom stereocenters. The number of rotatable bonds is 7. The van der Waals surface area contributed by atoms with Crippen molar-refractivity contribution >= 4 is 40.7 Å². The summed E-state index contributed by atoms with van der Waals surface area (Å²) in [4.78, 5) is 13.5. The van der Waals surface area contributed by atoms with Gasteiger partial charge in [-0.2, -0.15) is 4.98 Å². The first-order valence-electron chi connectivity index (χ1n) is 8.59. The Kier molecular flexibility index (Phi) is 6.32. The molecule has 2 aromatic heterocycles. The van der Waals surface area contributed by atoms with Gasteiger partial charge in [0.25, 0.3) is 0 Å². The number of hydrogen-bond acceptors (Lipinski definition) is 6. The first kappa shape index (κ1) is 19.2. The van der Waals surface area contributed by atoms with Crippen LogP contribution in [0, 0.1) is 0 Å². The van der Waals surface area contributed by atoms with Gasteiger partial charge in [0.1, 0.15) is 0 Å². The Morgan fingerprint density at radius 2 is 1.85 bits per heavy atom. The lowest BCUT2D eigenvalue weighted by Gasteiger charge is -2.15. The van der Waals surface area contributed by atoms with Crippen molar-refractivity contribution in [3.05, 3.63) is 58.7 Å². The maximum Gasteiger partial charge on any atom is 0.225 e. The van der Waals surface area contributed by atoms with Crippen LogP contribution in [0.2, 0.25) is 10.0 Å². The van der Waals surface area contributed by atoms with Crippen molar-refractivity contribution in [2.45, 2.75) is 26.3 Å². The third kappa shape index (κ3) is 5.21. The summed E-state index contributed by atoms with van der Waals surface area (Å²) in [6.45, 7) is 4.18. The zero-order valence-corrected chi connectivity index (χ0v) is 16.5. The van der Waals surface area contributed by atoms with Crippen LogP contribution in [0.5, 0.6) is 0 Å². The number of pyridine rings is 1. The van der Waals surface area contributed by atoms with Crippen LogP contribution in [-0.4, -0.2) is 21.0 Å². The highest BCUT2D eigenvalue weighted by Gasteiger charge is 2.10. The molecule has 0 amide bonds. The molecular formula is C19H20Cl2N6. The smallest absolute Gasteiger partial charge is 0.225 e. The Morgan fingerprint density at radius 3 is 2.56 bits per heavy atom. The fourth-order valence-electron chi connectivity index (χ4n) is 2.27. The third-order valence-electron chi connectivity index (χ3n) is 3.90. The molecule has 0 aliphatic carbocycles. The maximum atomic E-state index is 6.20. The van der Waals surface area contributed by atoms with Gasteiger partial charge in [0.05, 0.1) is 22.1 Å². The minimum absolute atomic E-state index is 0.246. The van der Waals surface area contributed by atoms with Crippen molar-refractivity contribution in [1.29, 1.82) is 0 Å². The summed E-state index contributed by atoms with van der Waals surface area (Å²) in [5.41, 5.74) is 8.28. The normalized spacial score (nSPS) is 11.7. The summed E-state index contributed by atoms with van der Waals surface area (Å²) in [7, 11) is 0. The second-order valence-electron chi connectivity index (χ2n) is 6.00. The molecule has 0 fully saturated rings. The number of nitrogens with one attached hydrogen (secondary N) is 3. The van der Waals surface area contributed by atoms with E-state index >= 15 is 0 Å². The maximum absolute atomic E-state index is 6.20. The second-order valence-corrected chi connectivity index (χ2v) is 6.85. The van der Waals surface area contributed by atoms with Gasteiger partial charge in [0.15, 0.2) is 5.82 Å². The van der Waals surface area contributed by atoms with Gasteiger partial charge in [-0.25, -0.2) is 4.98 Å². The summed E-state index contributed by atoms with van der Waals surface area (Å²) in [5, 5.41) is 4.38. The second kappa shape index (κ2) is 8.88. The van der Waals surface area contributed by atoms with E-state index in [1.165, 1.54) is 0 Å². The highest BCUT2D eigenvalue weighted by molar-refractivity contribution is 6.36. The predicted molar refractivity (Wildman–Crippen MR) is 112 cm³/mol. The van der Waals surface area contributed by atoms with Crippen LogP contribution < -0.4 is 16.2 Å². The molecule has 0 bridgehead atoms. The van der Waals surface area contributed by atoms with E-state index in [9.17, 15) is 0 Å². The first-order valence-corrected chi connectivity index (χ1v) is 9.35. The standard InChI is InChI=1S/C19H20Cl2N6/c1-3-12(2)23-19-24-17(16-6-4-5-9-22-16)11-18(25-19)27-26-15-8-7-13(20)10-14(15)21/h4-12,26H,3H2,1-2H3,(H2,23,24,25,27)/t12-/m0/s1. The van der Waals surface area contributed by atoms with E-state index in [4.69, 9.17) is 23.2 Å². The highest BCUT2D eigenvalue weighted by atomic mass is 35.5. The van der Waals surface area contributed by atoms with E-state index in [-0.39, 0.29) is 6.04 Å². The first-order chi connectivity index (χ1) is 13.0. The topological polar surface area (TPSA) is 74.8 Å². The fraction of sp³-hybridized carbons (Fsp3) is 0.211. The molecule has 0 radical (unpaired) electrons. The number of hydrazine groups is 1. The number of benzene rings is 1. The van der Waals surface area contributed by atoms with Gasteiger partial charge in [0.2, 0.25) is 5.95 Å². The van der Waals surface area contributed by atoms with Gasteiger partial charge < -0.3 is 5.32 Å². The Bertz CT molecular complexity index is 904. The molecule has 1 aromatic carbocycles. The summed E-state index contributed by atoms with van der Waals surface area (Å²) >= 11 is 12.1. The van der Waals surface area contributed by atoms with Gasteiger partial charge in [0, 0.05) is 23.3 Å². The van der Waals surface area contributed by atoms with Gasteiger partial charge in [-0.15, -0.1) is 0 Å². The molecule has 140 valence electrons. The molecule has 3 N–H and O–H groups in total. The number of nitrogens with zero attached hydrogens (tertiary/aromatic N) is 3. The molecule has 3 aromatic rings. The molecular weight excluding hydrogens is 383 g/mol. The molecule has 0 saturated heterocycles. The number of aromatic nitrogens is 3. The van der Waals surface area contributed by atoms with Gasteiger partial charge in [-0.1, -0.05) is 36.2 Å². The minimum atomic E-state index is 0.246. The molecule has 3 rings (SSSR count). The van der Waals surface area contributed by atoms with Crippen molar-refractivity contribution in [2.24, 2.45) is 0 Å². The summed E-state index contributed by atoms with van der Waals surface area (Å²) in [6, 6.07) is 13.0. The van der Waals surface area contributed by atoms with Crippen LogP contribution in [-0.2, 0) is 0 Å². The molecule has 27 heavy (non-hydrogen) atoms. The number of halogens is 2. The van der Waals surface area contributed by atoms with Crippen molar-refractivity contribution in [1.82, 2.24) is 15.0 Å². The average molecular weight is 403 g/mol. The van der Waals surface area contributed by atoms with E-state index in [1.54, 1.807) is 24.4 Å². The lowest BCUT2D eigenvalue weighted by atomic mass is 10.2.